The summed E-state index contributed by atoms with van der Waals surface area (Å²) in [4.78, 5) is 1.88. The summed E-state index contributed by atoms with van der Waals surface area (Å²) in [6, 6.07) is 5.35. The van der Waals surface area contributed by atoms with Crippen LogP contribution < -0.4 is 10.2 Å². The number of hydrogen-bond acceptors (Lipinski definition) is 3. The fourth-order valence-electron chi connectivity index (χ4n) is 1.88. The topological polar surface area (TPSA) is 35.5 Å². The Balaban J connectivity index is 2.92. The number of halogens is 1. The van der Waals surface area contributed by atoms with Crippen molar-refractivity contribution in [3.63, 3.8) is 0 Å². The second-order valence-corrected chi connectivity index (χ2v) is 5.00. The van der Waals surface area contributed by atoms with E-state index in [1.807, 2.05) is 31.9 Å². The molecule has 0 aliphatic heterocycles. The van der Waals surface area contributed by atoms with Crippen molar-refractivity contribution in [2.24, 2.45) is 0 Å². The highest BCUT2D eigenvalue weighted by Crippen LogP contribution is 2.22. The quantitative estimate of drug-likeness (QED) is 0.816. The van der Waals surface area contributed by atoms with E-state index in [2.05, 4.69) is 5.32 Å². The third-order valence-corrected chi connectivity index (χ3v) is 2.73. The standard InChI is InChI=1S/C14H23FN2O/c1-10(2)16-8-12-13(15)6-5-7-14(12)17(4)9-11(3)18/h5-7,10-11,16,18H,8-9H2,1-4H3. The lowest BCUT2D eigenvalue weighted by molar-refractivity contribution is 0.201. The summed E-state index contributed by atoms with van der Waals surface area (Å²) in [5.74, 6) is -0.210. The number of aliphatic hydroxyl groups is 1. The minimum atomic E-state index is -0.441. The largest absolute Gasteiger partial charge is 0.392 e. The number of anilines is 1. The second-order valence-electron chi connectivity index (χ2n) is 5.00. The molecule has 0 amide bonds. The zero-order chi connectivity index (χ0) is 13.7. The predicted octanol–water partition coefficient (Wildman–Crippen LogP) is 2.14. The van der Waals surface area contributed by atoms with Gasteiger partial charge in [0.1, 0.15) is 5.82 Å². The molecule has 1 atom stereocenters. The zero-order valence-corrected chi connectivity index (χ0v) is 11.6. The van der Waals surface area contributed by atoms with Crippen LogP contribution in [0.4, 0.5) is 10.1 Å². The molecule has 0 aliphatic carbocycles. The lowest BCUT2D eigenvalue weighted by Gasteiger charge is -2.24. The highest BCUT2D eigenvalue weighted by molar-refractivity contribution is 5.53. The first kappa shape index (κ1) is 14.9. The van der Waals surface area contributed by atoms with Crippen molar-refractivity contribution < 1.29 is 9.50 Å². The third-order valence-electron chi connectivity index (χ3n) is 2.73. The van der Waals surface area contributed by atoms with Crippen LogP contribution in [0.5, 0.6) is 0 Å². The van der Waals surface area contributed by atoms with Gasteiger partial charge in [0, 0.05) is 37.4 Å². The maximum absolute atomic E-state index is 13.9. The smallest absolute Gasteiger partial charge is 0.129 e. The number of likely N-dealkylation sites (N-methyl/N-ethyl adjacent to an activating group) is 1. The zero-order valence-electron chi connectivity index (χ0n) is 11.6. The minimum Gasteiger partial charge on any atom is -0.392 e. The lowest BCUT2D eigenvalue weighted by Crippen LogP contribution is -2.29. The molecule has 0 aliphatic rings. The van der Waals surface area contributed by atoms with Gasteiger partial charge in [0.15, 0.2) is 0 Å². The molecular formula is C14H23FN2O. The Morgan fingerprint density at radius 1 is 1.33 bits per heavy atom. The van der Waals surface area contributed by atoms with Crippen LogP contribution in [0.25, 0.3) is 0 Å². The maximum Gasteiger partial charge on any atom is 0.129 e. The SMILES string of the molecule is CC(O)CN(C)c1cccc(F)c1CNC(C)C. The van der Waals surface area contributed by atoms with Crippen LogP contribution in [0.1, 0.15) is 26.3 Å². The molecule has 0 heterocycles. The van der Waals surface area contributed by atoms with Crippen molar-refractivity contribution in [3.05, 3.63) is 29.6 Å². The van der Waals surface area contributed by atoms with Crippen LogP contribution in [-0.4, -0.2) is 30.8 Å². The molecule has 0 aromatic heterocycles. The van der Waals surface area contributed by atoms with Gasteiger partial charge in [0.2, 0.25) is 0 Å². The maximum atomic E-state index is 13.9. The molecule has 0 spiro atoms. The molecule has 1 aromatic carbocycles. The fraction of sp³-hybridized carbons (Fsp3) is 0.571. The van der Waals surface area contributed by atoms with Crippen LogP contribution in [0.2, 0.25) is 0 Å². The Hall–Kier alpha value is -1.13. The fourth-order valence-corrected chi connectivity index (χ4v) is 1.88. The number of aliphatic hydroxyl groups excluding tert-OH is 1. The highest BCUT2D eigenvalue weighted by Gasteiger charge is 2.13. The molecule has 18 heavy (non-hydrogen) atoms. The molecule has 0 bridgehead atoms. The van der Waals surface area contributed by atoms with Crippen molar-refractivity contribution >= 4 is 5.69 Å². The summed E-state index contributed by atoms with van der Waals surface area (Å²) in [7, 11) is 1.86. The van der Waals surface area contributed by atoms with Gasteiger partial charge in [-0.1, -0.05) is 19.9 Å². The summed E-state index contributed by atoms with van der Waals surface area (Å²) in [6.07, 6.45) is -0.441. The van der Waals surface area contributed by atoms with E-state index in [1.54, 1.807) is 13.0 Å². The van der Waals surface area contributed by atoms with E-state index in [4.69, 9.17) is 0 Å². The molecule has 4 heteroatoms. The van der Waals surface area contributed by atoms with Gasteiger partial charge in [-0.3, -0.25) is 0 Å². The summed E-state index contributed by atoms with van der Waals surface area (Å²) in [5, 5.41) is 12.6. The van der Waals surface area contributed by atoms with Gasteiger partial charge < -0.3 is 15.3 Å². The number of nitrogens with zero attached hydrogens (tertiary/aromatic N) is 1. The predicted molar refractivity (Wildman–Crippen MR) is 73.3 cm³/mol. The Labute approximate surface area is 109 Å². The van der Waals surface area contributed by atoms with Gasteiger partial charge in [-0.2, -0.15) is 0 Å². The number of hydrogen-bond donors (Lipinski definition) is 2. The van der Waals surface area contributed by atoms with Gasteiger partial charge in [-0.15, -0.1) is 0 Å². The van der Waals surface area contributed by atoms with E-state index in [9.17, 15) is 9.50 Å². The van der Waals surface area contributed by atoms with E-state index in [0.29, 0.717) is 24.7 Å². The van der Waals surface area contributed by atoms with Crippen molar-refractivity contribution in [2.75, 3.05) is 18.5 Å². The van der Waals surface area contributed by atoms with E-state index < -0.39 is 6.10 Å². The molecule has 1 rings (SSSR count). The Morgan fingerprint density at radius 3 is 2.56 bits per heavy atom. The molecule has 0 radical (unpaired) electrons. The van der Waals surface area contributed by atoms with E-state index in [0.717, 1.165) is 5.69 Å². The number of benzene rings is 1. The first-order valence-corrected chi connectivity index (χ1v) is 6.31. The number of nitrogens with one attached hydrogen (secondary N) is 1. The average Bonchev–Trinajstić information content (AvgIpc) is 2.25. The average molecular weight is 254 g/mol. The van der Waals surface area contributed by atoms with Gasteiger partial charge in [-0.05, 0) is 19.1 Å². The Morgan fingerprint density at radius 2 is 2.00 bits per heavy atom. The first-order chi connectivity index (χ1) is 8.41. The summed E-state index contributed by atoms with van der Waals surface area (Å²) >= 11 is 0. The van der Waals surface area contributed by atoms with Crippen molar-refractivity contribution in [3.8, 4) is 0 Å². The number of rotatable bonds is 6. The molecule has 3 nitrogen and oxygen atoms in total. The molecule has 0 fully saturated rings. The summed E-state index contributed by atoms with van der Waals surface area (Å²) in [5.41, 5.74) is 1.47. The van der Waals surface area contributed by atoms with E-state index in [-0.39, 0.29) is 5.82 Å². The minimum absolute atomic E-state index is 0.210. The monoisotopic (exact) mass is 254 g/mol. The van der Waals surface area contributed by atoms with Gasteiger partial charge in [0.05, 0.1) is 6.10 Å². The molecule has 1 aromatic rings. The Kier molecular flexibility index (Phi) is 5.56. The lowest BCUT2D eigenvalue weighted by atomic mass is 10.1. The van der Waals surface area contributed by atoms with E-state index >= 15 is 0 Å². The van der Waals surface area contributed by atoms with Gasteiger partial charge in [-0.25, -0.2) is 4.39 Å². The summed E-state index contributed by atoms with van der Waals surface area (Å²) < 4.78 is 13.9. The second kappa shape index (κ2) is 6.71. The molecule has 0 saturated carbocycles. The van der Waals surface area contributed by atoms with E-state index in [1.165, 1.54) is 6.07 Å². The normalized spacial score (nSPS) is 12.8. The Bertz CT molecular complexity index is 380. The van der Waals surface area contributed by atoms with Crippen molar-refractivity contribution in [1.82, 2.24) is 5.32 Å². The molecule has 1 unspecified atom stereocenters. The van der Waals surface area contributed by atoms with Crippen LogP contribution in [0.15, 0.2) is 18.2 Å². The molecular weight excluding hydrogens is 231 g/mol. The van der Waals surface area contributed by atoms with Crippen LogP contribution >= 0.6 is 0 Å². The first-order valence-electron chi connectivity index (χ1n) is 6.31. The molecule has 2 N–H and O–H groups in total. The molecule has 0 saturated heterocycles. The highest BCUT2D eigenvalue weighted by atomic mass is 19.1. The van der Waals surface area contributed by atoms with Gasteiger partial charge >= 0.3 is 0 Å². The summed E-state index contributed by atoms with van der Waals surface area (Å²) in [6.45, 7) is 6.75. The van der Waals surface area contributed by atoms with Crippen molar-refractivity contribution in [1.29, 1.82) is 0 Å². The van der Waals surface area contributed by atoms with Gasteiger partial charge in [0.25, 0.3) is 0 Å². The van der Waals surface area contributed by atoms with Crippen LogP contribution in [-0.2, 0) is 6.54 Å². The van der Waals surface area contributed by atoms with Crippen molar-refractivity contribution in [2.45, 2.75) is 39.5 Å². The third kappa shape index (κ3) is 4.27. The molecule has 102 valence electrons. The van der Waals surface area contributed by atoms with Crippen LogP contribution in [0.3, 0.4) is 0 Å². The van der Waals surface area contributed by atoms with Crippen LogP contribution in [0, 0.1) is 5.82 Å².